The van der Waals surface area contributed by atoms with E-state index >= 15 is 0 Å². The fourth-order valence-corrected chi connectivity index (χ4v) is 3.04. The van der Waals surface area contributed by atoms with E-state index < -0.39 is 11.7 Å². The lowest BCUT2D eigenvalue weighted by Gasteiger charge is -2.13. The number of hydrogen-bond acceptors (Lipinski definition) is 4. The van der Waals surface area contributed by atoms with Crippen molar-refractivity contribution in [3.63, 3.8) is 0 Å². The molecule has 7 heteroatoms. The van der Waals surface area contributed by atoms with Crippen molar-refractivity contribution in [3.8, 4) is 0 Å². The van der Waals surface area contributed by atoms with Gasteiger partial charge in [-0.3, -0.25) is 4.79 Å². The highest BCUT2D eigenvalue weighted by Gasteiger charge is 2.14. The Bertz CT molecular complexity index is 1000. The molecule has 27 heavy (non-hydrogen) atoms. The highest BCUT2D eigenvalue weighted by molar-refractivity contribution is 6.33. The largest absolute Gasteiger partial charge is 0.323 e. The molecule has 1 amide bonds. The average molecular weight is 385 g/mol. The second-order valence-electron chi connectivity index (χ2n) is 6.22. The molecular weight excluding hydrogens is 367 g/mol. The van der Waals surface area contributed by atoms with E-state index in [0.29, 0.717) is 16.4 Å². The molecule has 0 saturated carbocycles. The van der Waals surface area contributed by atoms with E-state index in [4.69, 9.17) is 11.6 Å². The van der Waals surface area contributed by atoms with Gasteiger partial charge >= 0.3 is 0 Å². The summed E-state index contributed by atoms with van der Waals surface area (Å²) in [4.78, 5) is 21.0. The van der Waals surface area contributed by atoms with Crippen molar-refractivity contribution in [1.29, 1.82) is 0 Å². The third kappa shape index (κ3) is 4.41. The summed E-state index contributed by atoms with van der Waals surface area (Å²) in [6, 6.07) is 11.3. The van der Waals surface area contributed by atoms with Gasteiger partial charge in [-0.05, 0) is 56.2 Å². The van der Waals surface area contributed by atoms with Gasteiger partial charge in [-0.15, -0.1) is 0 Å². The fraction of sp³-hybridized carbons (Fsp3) is 0.150. The van der Waals surface area contributed by atoms with Crippen LogP contribution in [0.3, 0.4) is 0 Å². The number of benzene rings is 2. The smallest absolute Gasteiger partial charge is 0.274 e. The summed E-state index contributed by atoms with van der Waals surface area (Å²) in [5, 5.41) is 6.12. The Morgan fingerprint density at radius 1 is 1.07 bits per heavy atom. The zero-order chi connectivity index (χ0) is 19.6. The number of hydrogen-bond donors (Lipinski definition) is 2. The van der Waals surface area contributed by atoms with Crippen molar-refractivity contribution >= 4 is 34.8 Å². The van der Waals surface area contributed by atoms with Crippen LogP contribution in [-0.2, 0) is 0 Å². The first kappa shape index (κ1) is 18.8. The first-order valence-corrected chi connectivity index (χ1v) is 8.66. The molecule has 0 atom stereocenters. The van der Waals surface area contributed by atoms with Crippen LogP contribution in [0.15, 0.2) is 42.5 Å². The molecule has 138 valence electrons. The normalized spacial score (nSPS) is 10.6. The minimum atomic E-state index is -0.527. The Hall–Kier alpha value is -2.99. The van der Waals surface area contributed by atoms with E-state index in [9.17, 15) is 9.18 Å². The first-order valence-electron chi connectivity index (χ1n) is 8.29. The molecule has 0 aliphatic rings. The van der Waals surface area contributed by atoms with E-state index in [1.807, 2.05) is 26.0 Å². The van der Waals surface area contributed by atoms with Crippen molar-refractivity contribution in [1.82, 2.24) is 9.97 Å². The maximum atomic E-state index is 13.8. The van der Waals surface area contributed by atoms with Gasteiger partial charge in [-0.2, -0.15) is 0 Å². The summed E-state index contributed by atoms with van der Waals surface area (Å²) >= 11 is 6.31. The van der Waals surface area contributed by atoms with Gasteiger partial charge in [0, 0.05) is 5.69 Å². The zero-order valence-electron chi connectivity index (χ0n) is 15.1. The molecule has 0 spiro atoms. The number of nitrogens with one attached hydrogen (secondary N) is 2. The van der Waals surface area contributed by atoms with Gasteiger partial charge < -0.3 is 10.6 Å². The molecule has 0 fully saturated rings. The molecule has 3 rings (SSSR count). The van der Waals surface area contributed by atoms with Crippen LogP contribution in [0.2, 0.25) is 5.02 Å². The number of rotatable bonds is 4. The monoisotopic (exact) mass is 384 g/mol. The lowest BCUT2D eigenvalue weighted by Crippen LogP contribution is -2.16. The number of para-hydroxylation sites is 1. The Kier molecular flexibility index (Phi) is 5.37. The average Bonchev–Trinajstić information content (AvgIpc) is 2.59. The molecule has 0 radical (unpaired) electrons. The minimum Gasteiger partial charge on any atom is -0.323 e. The first-order chi connectivity index (χ1) is 12.8. The summed E-state index contributed by atoms with van der Waals surface area (Å²) in [6.45, 7) is 5.62. The number of amides is 1. The number of carbonyl (C=O) groups excluding carboxylic acids is 1. The van der Waals surface area contributed by atoms with Crippen molar-refractivity contribution < 1.29 is 9.18 Å². The SMILES string of the molecule is Cc1cc(C)c(Nc2nc(C)cc(C(=O)Nc3ccccc3F)n2)c(Cl)c1. The van der Waals surface area contributed by atoms with Gasteiger partial charge in [0.25, 0.3) is 5.91 Å². The molecule has 5 nitrogen and oxygen atoms in total. The number of nitrogens with zero attached hydrogens (tertiary/aromatic N) is 2. The van der Waals surface area contributed by atoms with Gasteiger partial charge in [0.05, 0.1) is 16.4 Å². The molecule has 3 aromatic rings. The Morgan fingerprint density at radius 3 is 2.52 bits per heavy atom. The predicted molar refractivity (Wildman–Crippen MR) is 105 cm³/mol. The van der Waals surface area contributed by atoms with E-state index in [2.05, 4.69) is 20.6 Å². The van der Waals surface area contributed by atoms with Crippen LogP contribution in [0.4, 0.5) is 21.7 Å². The molecule has 0 aliphatic heterocycles. The molecule has 0 aliphatic carbocycles. The number of aryl methyl sites for hydroxylation is 3. The maximum Gasteiger partial charge on any atom is 0.274 e. The van der Waals surface area contributed by atoms with Crippen LogP contribution >= 0.6 is 11.6 Å². The molecule has 2 N–H and O–H groups in total. The second kappa shape index (κ2) is 7.72. The van der Waals surface area contributed by atoms with Crippen LogP contribution in [0.1, 0.15) is 27.3 Å². The molecule has 2 aromatic carbocycles. The zero-order valence-corrected chi connectivity index (χ0v) is 15.9. The summed E-state index contributed by atoms with van der Waals surface area (Å²) in [7, 11) is 0. The standard InChI is InChI=1S/C20H18ClFN4O/c1-11-8-12(2)18(14(21)9-11)26-20-23-13(3)10-17(25-20)19(27)24-16-7-5-4-6-15(16)22/h4-10H,1-3H3,(H,24,27)(H,23,25,26). The van der Waals surface area contributed by atoms with E-state index in [1.165, 1.54) is 18.2 Å². The molecule has 0 saturated heterocycles. The Morgan fingerprint density at radius 2 is 1.81 bits per heavy atom. The van der Waals surface area contributed by atoms with Crippen LogP contribution in [0.5, 0.6) is 0 Å². The van der Waals surface area contributed by atoms with Crippen molar-refractivity contribution in [2.24, 2.45) is 0 Å². The van der Waals surface area contributed by atoms with Crippen molar-refractivity contribution in [3.05, 3.63) is 75.8 Å². The molecular formula is C20H18ClFN4O. The lowest BCUT2D eigenvalue weighted by molar-refractivity contribution is 0.102. The van der Waals surface area contributed by atoms with E-state index in [0.717, 1.165) is 11.1 Å². The predicted octanol–water partition coefficient (Wildman–Crippen LogP) is 5.19. The van der Waals surface area contributed by atoms with Crippen LogP contribution < -0.4 is 10.6 Å². The van der Waals surface area contributed by atoms with E-state index in [1.54, 1.807) is 19.1 Å². The van der Waals surface area contributed by atoms with Gasteiger partial charge in [-0.1, -0.05) is 29.8 Å². The minimum absolute atomic E-state index is 0.0886. The van der Waals surface area contributed by atoms with Crippen molar-refractivity contribution in [2.75, 3.05) is 10.6 Å². The summed E-state index contributed by atoms with van der Waals surface area (Å²) in [5.74, 6) is -0.806. The fourth-order valence-electron chi connectivity index (χ4n) is 2.68. The van der Waals surface area contributed by atoms with Gasteiger partial charge in [0.2, 0.25) is 5.95 Å². The Balaban J connectivity index is 1.89. The molecule has 1 aromatic heterocycles. The third-order valence-electron chi connectivity index (χ3n) is 3.88. The number of halogens is 2. The molecule has 0 unspecified atom stereocenters. The maximum absolute atomic E-state index is 13.8. The summed E-state index contributed by atoms with van der Waals surface area (Å²) in [6.07, 6.45) is 0. The summed E-state index contributed by atoms with van der Waals surface area (Å²) < 4.78 is 13.8. The quantitative estimate of drug-likeness (QED) is 0.649. The third-order valence-corrected chi connectivity index (χ3v) is 4.18. The molecule has 1 heterocycles. The van der Waals surface area contributed by atoms with Crippen molar-refractivity contribution in [2.45, 2.75) is 20.8 Å². The molecule has 0 bridgehead atoms. The van der Waals surface area contributed by atoms with Crippen LogP contribution in [0.25, 0.3) is 0 Å². The highest BCUT2D eigenvalue weighted by Crippen LogP contribution is 2.29. The number of carbonyl (C=O) groups is 1. The number of aromatic nitrogens is 2. The topological polar surface area (TPSA) is 66.9 Å². The highest BCUT2D eigenvalue weighted by atomic mass is 35.5. The van der Waals surface area contributed by atoms with Crippen LogP contribution in [-0.4, -0.2) is 15.9 Å². The second-order valence-corrected chi connectivity index (χ2v) is 6.62. The number of anilines is 3. The van der Waals surface area contributed by atoms with E-state index in [-0.39, 0.29) is 17.3 Å². The summed E-state index contributed by atoms with van der Waals surface area (Å²) in [5.41, 5.74) is 3.45. The lowest BCUT2D eigenvalue weighted by atomic mass is 10.1. The van der Waals surface area contributed by atoms with Gasteiger partial charge in [-0.25, -0.2) is 14.4 Å². The van der Waals surface area contributed by atoms with Gasteiger partial charge in [0.15, 0.2) is 0 Å². The Labute approximate surface area is 161 Å². The van der Waals surface area contributed by atoms with Gasteiger partial charge in [0.1, 0.15) is 11.5 Å². The van der Waals surface area contributed by atoms with Crippen LogP contribution in [0, 0.1) is 26.6 Å².